The monoisotopic (exact) mass is 420 g/mol. The van der Waals surface area contributed by atoms with Crippen LogP contribution in [0.4, 0.5) is 5.69 Å². The van der Waals surface area contributed by atoms with Crippen LogP contribution in [0.15, 0.2) is 42.5 Å². The van der Waals surface area contributed by atoms with E-state index in [9.17, 15) is 9.59 Å². The molecule has 1 atom stereocenters. The van der Waals surface area contributed by atoms with Crippen molar-refractivity contribution in [1.29, 1.82) is 0 Å². The number of likely N-dealkylation sites (tertiary alicyclic amines) is 1. The molecule has 1 fully saturated rings. The van der Waals surface area contributed by atoms with E-state index in [0.29, 0.717) is 34.3 Å². The Kier molecular flexibility index (Phi) is 6.47. The van der Waals surface area contributed by atoms with Gasteiger partial charge >= 0.3 is 0 Å². The molecule has 1 N–H and O–H groups in total. The van der Waals surface area contributed by atoms with E-state index < -0.39 is 6.04 Å². The van der Waals surface area contributed by atoms with Crippen molar-refractivity contribution in [3.8, 4) is 5.75 Å². The maximum atomic E-state index is 12.9. The van der Waals surface area contributed by atoms with Crippen molar-refractivity contribution in [2.75, 3.05) is 11.9 Å². The van der Waals surface area contributed by atoms with Gasteiger partial charge < -0.3 is 15.0 Å². The van der Waals surface area contributed by atoms with Gasteiger partial charge in [-0.1, -0.05) is 23.2 Å². The Hall–Kier alpha value is -2.24. The molecule has 1 heterocycles. The van der Waals surface area contributed by atoms with Crippen molar-refractivity contribution in [2.45, 2.75) is 38.8 Å². The first kappa shape index (κ1) is 20.5. The van der Waals surface area contributed by atoms with Crippen LogP contribution in [0.5, 0.6) is 5.75 Å². The minimum atomic E-state index is -0.531. The van der Waals surface area contributed by atoms with Gasteiger partial charge in [-0.25, -0.2) is 0 Å². The second-order valence-corrected chi connectivity index (χ2v) is 7.87. The summed E-state index contributed by atoms with van der Waals surface area (Å²) in [7, 11) is 0. The van der Waals surface area contributed by atoms with Crippen LogP contribution in [0.1, 0.15) is 37.0 Å². The number of hydrogen-bond acceptors (Lipinski definition) is 3. The van der Waals surface area contributed by atoms with Gasteiger partial charge in [0, 0.05) is 27.8 Å². The second kappa shape index (κ2) is 8.84. The van der Waals surface area contributed by atoms with Gasteiger partial charge in [0.1, 0.15) is 11.8 Å². The van der Waals surface area contributed by atoms with Crippen LogP contribution in [-0.4, -0.2) is 35.4 Å². The lowest BCUT2D eigenvalue weighted by Gasteiger charge is -2.24. The molecule has 5 nitrogen and oxygen atoms in total. The fourth-order valence-corrected chi connectivity index (χ4v) is 3.77. The number of nitrogens with one attached hydrogen (secondary N) is 1. The molecule has 0 aliphatic carbocycles. The normalized spacial score (nSPS) is 16.3. The molecule has 0 aromatic heterocycles. The molecule has 7 heteroatoms. The van der Waals surface area contributed by atoms with E-state index in [2.05, 4.69) is 5.32 Å². The molecule has 2 amide bonds. The van der Waals surface area contributed by atoms with Crippen molar-refractivity contribution in [3.05, 3.63) is 58.1 Å². The molecule has 28 heavy (non-hydrogen) atoms. The van der Waals surface area contributed by atoms with E-state index in [1.54, 1.807) is 47.4 Å². The number of benzene rings is 2. The molecule has 148 valence electrons. The first-order valence-electron chi connectivity index (χ1n) is 9.18. The molecule has 1 aliphatic rings. The Morgan fingerprint density at radius 3 is 2.36 bits per heavy atom. The van der Waals surface area contributed by atoms with Crippen LogP contribution in [-0.2, 0) is 4.79 Å². The molecule has 0 spiro atoms. The lowest BCUT2D eigenvalue weighted by molar-refractivity contribution is -0.119. The Morgan fingerprint density at radius 1 is 1.11 bits per heavy atom. The van der Waals surface area contributed by atoms with Crippen LogP contribution in [0.25, 0.3) is 0 Å². The average Bonchev–Trinajstić information content (AvgIpc) is 3.11. The fraction of sp³-hybridized carbons (Fsp3) is 0.333. The zero-order valence-corrected chi connectivity index (χ0v) is 17.3. The second-order valence-electron chi connectivity index (χ2n) is 6.99. The number of amides is 2. The van der Waals surface area contributed by atoms with Gasteiger partial charge in [0.15, 0.2) is 0 Å². The highest BCUT2D eigenvalue weighted by molar-refractivity contribution is 6.35. The molecular weight excluding hydrogens is 399 g/mol. The van der Waals surface area contributed by atoms with Crippen molar-refractivity contribution in [1.82, 2.24) is 4.90 Å². The summed E-state index contributed by atoms with van der Waals surface area (Å²) in [4.78, 5) is 27.2. The maximum absolute atomic E-state index is 12.9. The predicted octanol–water partition coefficient (Wildman–Crippen LogP) is 5.02. The number of carbonyl (C=O) groups excluding carboxylic acids is 2. The average molecular weight is 421 g/mol. The zero-order valence-electron chi connectivity index (χ0n) is 15.7. The summed E-state index contributed by atoms with van der Waals surface area (Å²) in [6.45, 7) is 4.42. The Bertz CT molecular complexity index is 848. The van der Waals surface area contributed by atoms with Gasteiger partial charge in [-0.15, -0.1) is 0 Å². The molecule has 0 saturated carbocycles. The van der Waals surface area contributed by atoms with Gasteiger partial charge in [0.05, 0.1) is 6.10 Å². The third kappa shape index (κ3) is 4.97. The van der Waals surface area contributed by atoms with Gasteiger partial charge in [-0.3, -0.25) is 9.59 Å². The summed E-state index contributed by atoms with van der Waals surface area (Å²) in [6, 6.07) is 11.4. The topological polar surface area (TPSA) is 58.6 Å². The molecule has 1 aliphatic heterocycles. The summed E-state index contributed by atoms with van der Waals surface area (Å²) in [5.74, 6) is 0.280. The zero-order chi connectivity index (χ0) is 20.3. The van der Waals surface area contributed by atoms with Gasteiger partial charge in [0.25, 0.3) is 5.91 Å². The highest BCUT2D eigenvalue weighted by Crippen LogP contribution is 2.25. The molecule has 0 bridgehead atoms. The quantitative estimate of drug-likeness (QED) is 0.737. The van der Waals surface area contributed by atoms with Crippen LogP contribution in [0.3, 0.4) is 0 Å². The van der Waals surface area contributed by atoms with Crippen molar-refractivity contribution in [3.63, 3.8) is 0 Å². The highest BCUT2D eigenvalue weighted by Gasteiger charge is 2.34. The SMILES string of the molecule is CC(C)Oc1ccc(NC(=O)C2CCCN2C(=O)c2cc(Cl)cc(Cl)c2)cc1. The first-order valence-corrected chi connectivity index (χ1v) is 9.94. The van der Waals surface area contributed by atoms with E-state index >= 15 is 0 Å². The molecular formula is C21H22Cl2N2O3. The minimum absolute atomic E-state index is 0.0819. The minimum Gasteiger partial charge on any atom is -0.491 e. The van der Waals surface area contributed by atoms with E-state index in [4.69, 9.17) is 27.9 Å². The number of halogens is 2. The number of rotatable bonds is 5. The van der Waals surface area contributed by atoms with Crippen LogP contribution < -0.4 is 10.1 Å². The Morgan fingerprint density at radius 2 is 1.75 bits per heavy atom. The first-order chi connectivity index (χ1) is 13.3. The number of nitrogens with zero attached hydrogens (tertiary/aromatic N) is 1. The van der Waals surface area contributed by atoms with E-state index in [0.717, 1.165) is 12.2 Å². The Labute approximate surface area is 174 Å². The standard InChI is InChI=1S/C21H22Cl2N2O3/c1-13(2)28-18-7-5-17(6-8-18)24-20(26)19-4-3-9-25(19)21(27)14-10-15(22)12-16(23)11-14/h5-8,10-13,19H,3-4,9H2,1-2H3,(H,24,26). The fourth-order valence-electron chi connectivity index (χ4n) is 3.24. The summed E-state index contributed by atoms with van der Waals surface area (Å²) in [5.41, 5.74) is 1.04. The molecule has 0 radical (unpaired) electrons. The number of ether oxygens (including phenoxy) is 1. The van der Waals surface area contributed by atoms with Crippen molar-refractivity contribution >= 4 is 40.7 Å². The van der Waals surface area contributed by atoms with Gasteiger partial charge in [-0.2, -0.15) is 0 Å². The number of hydrogen-bond donors (Lipinski definition) is 1. The van der Waals surface area contributed by atoms with Gasteiger partial charge in [-0.05, 0) is 69.2 Å². The summed E-state index contributed by atoms with van der Waals surface area (Å²) >= 11 is 12.0. The third-order valence-electron chi connectivity index (χ3n) is 4.42. The smallest absolute Gasteiger partial charge is 0.254 e. The lowest BCUT2D eigenvalue weighted by Crippen LogP contribution is -2.43. The van der Waals surface area contributed by atoms with E-state index in [-0.39, 0.29) is 17.9 Å². The lowest BCUT2D eigenvalue weighted by atomic mass is 10.1. The third-order valence-corrected chi connectivity index (χ3v) is 4.86. The molecule has 1 unspecified atom stereocenters. The Balaban J connectivity index is 1.69. The largest absolute Gasteiger partial charge is 0.491 e. The van der Waals surface area contributed by atoms with E-state index in [1.165, 1.54) is 0 Å². The van der Waals surface area contributed by atoms with Crippen LogP contribution in [0.2, 0.25) is 10.0 Å². The molecule has 3 rings (SSSR count). The van der Waals surface area contributed by atoms with Crippen molar-refractivity contribution in [2.24, 2.45) is 0 Å². The van der Waals surface area contributed by atoms with Gasteiger partial charge in [0.2, 0.25) is 5.91 Å². The molecule has 1 saturated heterocycles. The van der Waals surface area contributed by atoms with Crippen LogP contribution >= 0.6 is 23.2 Å². The maximum Gasteiger partial charge on any atom is 0.254 e. The number of anilines is 1. The predicted molar refractivity (Wildman–Crippen MR) is 111 cm³/mol. The molecule has 2 aromatic rings. The van der Waals surface area contributed by atoms with Crippen molar-refractivity contribution < 1.29 is 14.3 Å². The summed E-state index contributed by atoms with van der Waals surface area (Å²) in [6.07, 6.45) is 1.46. The van der Waals surface area contributed by atoms with Crippen LogP contribution in [0, 0.1) is 0 Å². The summed E-state index contributed by atoms with van der Waals surface area (Å²) < 4.78 is 5.60. The number of carbonyl (C=O) groups is 2. The summed E-state index contributed by atoms with van der Waals surface area (Å²) in [5, 5.41) is 3.66. The highest BCUT2D eigenvalue weighted by atomic mass is 35.5. The molecule has 2 aromatic carbocycles. The van der Waals surface area contributed by atoms with E-state index in [1.807, 2.05) is 13.8 Å².